The molecule has 0 spiro atoms. The van der Waals surface area contributed by atoms with E-state index in [9.17, 15) is 18.0 Å². The van der Waals surface area contributed by atoms with Gasteiger partial charge in [-0.1, -0.05) is 6.92 Å². The second kappa shape index (κ2) is 4.65. The van der Waals surface area contributed by atoms with E-state index in [-0.39, 0.29) is 16.2 Å². The number of sulfone groups is 1. The number of hydrogen-bond donors (Lipinski definition) is 0. The molecule has 102 valence electrons. The number of carbonyl (C=O) groups is 2. The highest BCUT2D eigenvalue weighted by molar-refractivity contribution is 7.92. The first-order valence-corrected chi connectivity index (χ1v) is 7.23. The van der Waals surface area contributed by atoms with Gasteiger partial charge in [0.1, 0.15) is 10.6 Å². The van der Waals surface area contributed by atoms with Crippen LogP contribution in [-0.2, 0) is 25.8 Å². The number of methoxy groups -OCH3 is 1. The Morgan fingerprint density at radius 1 is 1.42 bits per heavy atom. The number of carbonyl (C=O) groups excluding carboxylic acids is 2. The summed E-state index contributed by atoms with van der Waals surface area (Å²) in [5, 5.41) is 0. The molecule has 0 unspecified atom stereocenters. The van der Waals surface area contributed by atoms with Crippen LogP contribution in [0.15, 0.2) is 17.0 Å². The van der Waals surface area contributed by atoms with E-state index in [0.29, 0.717) is 12.0 Å². The van der Waals surface area contributed by atoms with Gasteiger partial charge in [-0.2, -0.15) is 0 Å². The van der Waals surface area contributed by atoms with E-state index >= 15 is 0 Å². The highest BCUT2D eigenvalue weighted by atomic mass is 32.2. The zero-order valence-electron chi connectivity index (χ0n) is 10.4. The van der Waals surface area contributed by atoms with E-state index < -0.39 is 27.5 Å². The molecule has 0 aromatic heterocycles. The Labute approximate surface area is 110 Å². The lowest BCUT2D eigenvalue weighted by Crippen LogP contribution is -2.27. The fourth-order valence-corrected chi connectivity index (χ4v) is 3.13. The van der Waals surface area contributed by atoms with Crippen molar-refractivity contribution >= 4 is 21.8 Å². The van der Waals surface area contributed by atoms with E-state index in [1.165, 1.54) is 19.2 Å². The quantitative estimate of drug-likeness (QED) is 0.587. The van der Waals surface area contributed by atoms with Crippen LogP contribution in [0.4, 0.5) is 0 Å². The van der Waals surface area contributed by atoms with Crippen molar-refractivity contribution in [3.05, 3.63) is 23.3 Å². The highest BCUT2D eigenvalue weighted by Crippen LogP contribution is 2.32. The maximum atomic E-state index is 11.9. The van der Waals surface area contributed by atoms with Crippen molar-refractivity contribution in [2.75, 3.05) is 12.9 Å². The SMILES string of the molecule is CCc1cc2c(cc1C(=O)OC)S(=O)(=O)CC(=O)O2. The fraction of sp³-hybridized carbons (Fsp3) is 0.333. The lowest BCUT2D eigenvalue weighted by atomic mass is 10.0. The topological polar surface area (TPSA) is 86.7 Å². The van der Waals surface area contributed by atoms with Crippen LogP contribution < -0.4 is 4.74 Å². The molecular formula is C12H12O6S. The second-order valence-corrected chi connectivity index (χ2v) is 5.99. The Hall–Kier alpha value is -1.89. The molecule has 1 heterocycles. The minimum Gasteiger partial charge on any atom is -0.465 e. The first-order chi connectivity index (χ1) is 8.89. The fourth-order valence-electron chi connectivity index (χ4n) is 1.90. The zero-order chi connectivity index (χ0) is 14.2. The summed E-state index contributed by atoms with van der Waals surface area (Å²) in [6.45, 7) is 1.80. The third-order valence-corrected chi connectivity index (χ3v) is 4.43. The van der Waals surface area contributed by atoms with Gasteiger partial charge < -0.3 is 9.47 Å². The van der Waals surface area contributed by atoms with Gasteiger partial charge in [0.05, 0.1) is 12.7 Å². The van der Waals surface area contributed by atoms with Crippen LogP contribution in [0.2, 0.25) is 0 Å². The number of rotatable bonds is 2. The van der Waals surface area contributed by atoms with Crippen LogP contribution in [0.5, 0.6) is 5.75 Å². The molecule has 0 aliphatic carbocycles. The van der Waals surface area contributed by atoms with Gasteiger partial charge >= 0.3 is 11.9 Å². The van der Waals surface area contributed by atoms with Gasteiger partial charge in [0, 0.05) is 0 Å². The highest BCUT2D eigenvalue weighted by Gasteiger charge is 2.32. The summed E-state index contributed by atoms with van der Waals surface area (Å²) in [4.78, 5) is 22.7. The summed E-state index contributed by atoms with van der Waals surface area (Å²) in [5.74, 6) is -2.18. The Bertz CT molecular complexity index is 659. The average molecular weight is 284 g/mol. The molecule has 0 bridgehead atoms. The predicted molar refractivity (Wildman–Crippen MR) is 64.8 cm³/mol. The molecule has 1 aromatic carbocycles. The van der Waals surface area contributed by atoms with Gasteiger partial charge in [-0.3, -0.25) is 4.79 Å². The van der Waals surface area contributed by atoms with Crippen molar-refractivity contribution in [3.63, 3.8) is 0 Å². The molecule has 6 nitrogen and oxygen atoms in total. The summed E-state index contributed by atoms with van der Waals surface area (Å²) in [6.07, 6.45) is 0.481. The summed E-state index contributed by atoms with van der Waals surface area (Å²) in [5.41, 5.74) is 0.737. The first kappa shape index (κ1) is 13.5. The van der Waals surface area contributed by atoms with Crippen LogP contribution in [0.25, 0.3) is 0 Å². The Kier molecular flexibility index (Phi) is 3.32. The third-order valence-electron chi connectivity index (χ3n) is 2.82. The van der Waals surface area contributed by atoms with Crippen LogP contribution in [0.3, 0.4) is 0 Å². The number of hydrogen-bond acceptors (Lipinski definition) is 6. The normalized spacial score (nSPS) is 16.4. The first-order valence-electron chi connectivity index (χ1n) is 5.57. The van der Waals surface area contributed by atoms with Crippen molar-refractivity contribution in [3.8, 4) is 5.75 Å². The molecule has 0 saturated heterocycles. The zero-order valence-corrected chi connectivity index (χ0v) is 11.2. The molecule has 0 radical (unpaired) electrons. The van der Waals surface area contributed by atoms with E-state index in [0.717, 1.165) is 0 Å². The van der Waals surface area contributed by atoms with E-state index in [1.54, 1.807) is 6.92 Å². The van der Waals surface area contributed by atoms with E-state index in [1.807, 2.05) is 0 Å². The summed E-state index contributed by atoms with van der Waals surface area (Å²) >= 11 is 0. The van der Waals surface area contributed by atoms with Gasteiger partial charge in [0.2, 0.25) is 0 Å². The lowest BCUT2D eigenvalue weighted by Gasteiger charge is -2.18. The van der Waals surface area contributed by atoms with Crippen LogP contribution in [0.1, 0.15) is 22.8 Å². The molecule has 0 saturated carbocycles. The Balaban J connectivity index is 2.70. The number of benzene rings is 1. The smallest absolute Gasteiger partial charge is 0.338 e. The Morgan fingerprint density at radius 3 is 2.68 bits per heavy atom. The van der Waals surface area contributed by atoms with Gasteiger partial charge in [-0.05, 0) is 24.1 Å². The van der Waals surface area contributed by atoms with Gasteiger partial charge in [-0.25, -0.2) is 13.2 Å². The van der Waals surface area contributed by atoms with E-state index in [4.69, 9.17) is 4.74 Å². The minimum absolute atomic E-state index is 0.0271. The van der Waals surface area contributed by atoms with Gasteiger partial charge in [0.25, 0.3) is 0 Å². The second-order valence-electron chi connectivity index (χ2n) is 4.03. The van der Waals surface area contributed by atoms with Crippen LogP contribution in [-0.4, -0.2) is 33.2 Å². The lowest BCUT2D eigenvalue weighted by molar-refractivity contribution is -0.132. The van der Waals surface area contributed by atoms with E-state index in [2.05, 4.69) is 4.74 Å². The van der Waals surface area contributed by atoms with Crippen molar-refractivity contribution in [1.29, 1.82) is 0 Å². The molecule has 1 aliphatic rings. The summed E-state index contributed by atoms with van der Waals surface area (Å²) < 4.78 is 33.3. The third kappa shape index (κ3) is 2.33. The molecule has 7 heteroatoms. The molecule has 0 amide bonds. The average Bonchev–Trinajstić information content (AvgIpc) is 2.35. The maximum Gasteiger partial charge on any atom is 0.338 e. The monoisotopic (exact) mass is 284 g/mol. The largest absolute Gasteiger partial charge is 0.465 e. The number of ether oxygens (including phenoxy) is 2. The molecule has 0 atom stereocenters. The van der Waals surface area contributed by atoms with Crippen LogP contribution in [0, 0.1) is 0 Å². The molecule has 2 rings (SSSR count). The Morgan fingerprint density at radius 2 is 2.11 bits per heavy atom. The molecular weight excluding hydrogens is 272 g/mol. The predicted octanol–water partition coefficient (Wildman–Crippen LogP) is 0.728. The van der Waals surface area contributed by atoms with Crippen LogP contribution >= 0.6 is 0 Å². The van der Waals surface area contributed by atoms with Gasteiger partial charge in [0.15, 0.2) is 15.6 Å². The molecule has 1 aromatic rings. The molecule has 1 aliphatic heterocycles. The summed E-state index contributed by atoms with van der Waals surface area (Å²) in [7, 11) is -2.54. The molecule has 0 fully saturated rings. The molecule has 0 N–H and O–H groups in total. The van der Waals surface area contributed by atoms with Crippen molar-refractivity contribution in [2.24, 2.45) is 0 Å². The minimum atomic E-state index is -3.76. The van der Waals surface area contributed by atoms with Crippen molar-refractivity contribution < 1.29 is 27.5 Å². The maximum absolute atomic E-state index is 11.9. The van der Waals surface area contributed by atoms with Crippen molar-refractivity contribution in [1.82, 2.24) is 0 Å². The van der Waals surface area contributed by atoms with Gasteiger partial charge in [-0.15, -0.1) is 0 Å². The number of fused-ring (bicyclic) bond motifs is 1. The molecule has 19 heavy (non-hydrogen) atoms. The van der Waals surface area contributed by atoms with Crippen molar-refractivity contribution in [2.45, 2.75) is 18.2 Å². The number of aryl methyl sites for hydroxylation is 1. The number of esters is 2. The standard InChI is InChI=1S/C12H12O6S/c1-3-7-4-9-10(5-8(7)12(14)17-2)19(15,16)6-11(13)18-9/h4-5H,3,6H2,1-2H3. The summed E-state index contributed by atoms with van der Waals surface area (Å²) in [6, 6.07) is 2.61.